The Morgan fingerprint density at radius 2 is 2.26 bits per heavy atom. The van der Waals surface area contributed by atoms with Crippen molar-refractivity contribution in [2.75, 3.05) is 46.4 Å². The van der Waals surface area contributed by atoms with E-state index < -0.39 is 0 Å². The molecule has 1 aliphatic rings. The largest absolute Gasteiger partial charge is 0.466 e. The molecule has 0 spiro atoms. The highest BCUT2D eigenvalue weighted by atomic mass is 16.5. The van der Waals surface area contributed by atoms with Crippen LogP contribution >= 0.6 is 0 Å². The summed E-state index contributed by atoms with van der Waals surface area (Å²) in [5, 5.41) is 3.42. The minimum Gasteiger partial charge on any atom is -0.466 e. The van der Waals surface area contributed by atoms with E-state index in [1.165, 1.54) is 0 Å². The first kappa shape index (κ1) is 16.4. The van der Waals surface area contributed by atoms with Gasteiger partial charge in [-0.05, 0) is 33.4 Å². The lowest BCUT2D eigenvalue weighted by Crippen LogP contribution is -2.44. The summed E-state index contributed by atoms with van der Waals surface area (Å²) in [5.41, 5.74) is 0. The van der Waals surface area contributed by atoms with Gasteiger partial charge in [0.05, 0.1) is 19.3 Å². The highest BCUT2D eigenvalue weighted by molar-refractivity contribution is 5.69. The number of ether oxygens (including phenoxy) is 2. The number of nitrogens with zero attached hydrogens (tertiary/aromatic N) is 1. The number of carbonyl (C=O) groups excluding carboxylic acids is 1. The van der Waals surface area contributed by atoms with Crippen molar-refractivity contribution in [3.8, 4) is 0 Å². The summed E-state index contributed by atoms with van der Waals surface area (Å²) in [4.78, 5) is 13.4. The van der Waals surface area contributed by atoms with Crippen LogP contribution in [0, 0.1) is 0 Å². The molecule has 112 valence electrons. The monoisotopic (exact) mass is 272 g/mol. The standard InChI is InChI=1S/C14H28N2O3/c1-3-18-14(17)7-5-4-6-8-15-11-13-12-16(2)9-10-19-13/h13,15H,3-12H2,1-2H3. The Kier molecular flexibility index (Phi) is 8.79. The zero-order chi connectivity index (χ0) is 13.9. The zero-order valence-electron chi connectivity index (χ0n) is 12.3. The van der Waals surface area contributed by atoms with Crippen LogP contribution in [0.5, 0.6) is 0 Å². The molecule has 5 nitrogen and oxygen atoms in total. The molecule has 1 saturated heterocycles. The first-order valence-corrected chi connectivity index (χ1v) is 7.39. The van der Waals surface area contributed by atoms with Gasteiger partial charge >= 0.3 is 5.97 Å². The topological polar surface area (TPSA) is 50.8 Å². The van der Waals surface area contributed by atoms with E-state index in [0.717, 1.165) is 52.0 Å². The molecule has 0 aromatic heterocycles. The fourth-order valence-corrected chi connectivity index (χ4v) is 2.18. The van der Waals surface area contributed by atoms with E-state index >= 15 is 0 Å². The molecule has 1 aliphatic heterocycles. The van der Waals surface area contributed by atoms with Crippen molar-refractivity contribution >= 4 is 5.97 Å². The molecule has 1 N–H and O–H groups in total. The van der Waals surface area contributed by atoms with Crippen LogP contribution in [0.25, 0.3) is 0 Å². The van der Waals surface area contributed by atoms with Crippen LogP contribution in [0.4, 0.5) is 0 Å². The average molecular weight is 272 g/mol. The summed E-state index contributed by atoms with van der Waals surface area (Å²) in [7, 11) is 2.13. The molecular formula is C14H28N2O3. The average Bonchev–Trinajstić information content (AvgIpc) is 2.38. The fourth-order valence-electron chi connectivity index (χ4n) is 2.18. The van der Waals surface area contributed by atoms with E-state index in [2.05, 4.69) is 17.3 Å². The van der Waals surface area contributed by atoms with E-state index in [0.29, 0.717) is 19.1 Å². The summed E-state index contributed by atoms with van der Waals surface area (Å²) in [6.45, 7) is 7.11. The predicted octanol–water partition coefficient (Wildman–Crippen LogP) is 1.03. The molecule has 0 aliphatic carbocycles. The van der Waals surface area contributed by atoms with Gasteiger partial charge in [0, 0.05) is 26.1 Å². The summed E-state index contributed by atoms with van der Waals surface area (Å²) in [5.74, 6) is -0.0749. The van der Waals surface area contributed by atoms with Gasteiger partial charge in [-0.15, -0.1) is 0 Å². The second kappa shape index (κ2) is 10.2. The highest BCUT2D eigenvalue weighted by Crippen LogP contribution is 2.03. The number of esters is 1. The Balaban J connectivity index is 1.87. The molecule has 1 rings (SSSR count). The van der Waals surface area contributed by atoms with Gasteiger partial charge in [-0.25, -0.2) is 0 Å². The van der Waals surface area contributed by atoms with Crippen LogP contribution in [0.15, 0.2) is 0 Å². The number of hydrogen-bond donors (Lipinski definition) is 1. The third-order valence-electron chi connectivity index (χ3n) is 3.25. The van der Waals surface area contributed by atoms with E-state index in [4.69, 9.17) is 9.47 Å². The first-order chi connectivity index (χ1) is 9.22. The summed E-state index contributed by atoms with van der Waals surface area (Å²) in [6, 6.07) is 0. The van der Waals surface area contributed by atoms with Gasteiger partial charge in [0.2, 0.25) is 0 Å². The quantitative estimate of drug-likeness (QED) is 0.502. The van der Waals surface area contributed by atoms with E-state index in [1.807, 2.05) is 6.92 Å². The van der Waals surface area contributed by atoms with Crippen molar-refractivity contribution in [1.29, 1.82) is 0 Å². The molecule has 0 aromatic carbocycles. The summed E-state index contributed by atoms with van der Waals surface area (Å²) < 4.78 is 10.6. The molecule has 1 unspecified atom stereocenters. The number of nitrogens with one attached hydrogen (secondary N) is 1. The van der Waals surface area contributed by atoms with Gasteiger partial charge in [-0.3, -0.25) is 4.79 Å². The number of rotatable bonds is 9. The molecule has 5 heteroatoms. The molecule has 0 bridgehead atoms. The van der Waals surface area contributed by atoms with Gasteiger partial charge in [-0.2, -0.15) is 0 Å². The first-order valence-electron chi connectivity index (χ1n) is 7.39. The Morgan fingerprint density at radius 1 is 1.42 bits per heavy atom. The van der Waals surface area contributed by atoms with Crippen LogP contribution in [-0.2, 0) is 14.3 Å². The lowest BCUT2D eigenvalue weighted by molar-refractivity contribution is -0.143. The SMILES string of the molecule is CCOC(=O)CCCCCNCC1CN(C)CCO1. The lowest BCUT2D eigenvalue weighted by Gasteiger charge is -2.30. The second-order valence-corrected chi connectivity index (χ2v) is 5.07. The molecule has 19 heavy (non-hydrogen) atoms. The number of morpholine rings is 1. The fraction of sp³-hybridized carbons (Fsp3) is 0.929. The van der Waals surface area contributed by atoms with Gasteiger partial charge < -0.3 is 19.7 Å². The Hall–Kier alpha value is -0.650. The molecule has 0 aromatic rings. The van der Waals surface area contributed by atoms with Crippen molar-refractivity contribution in [1.82, 2.24) is 10.2 Å². The van der Waals surface area contributed by atoms with Crippen LogP contribution in [-0.4, -0.2) is 63.4 Å². The third-order valence-corrected chi connectivity index (χ3v) is 3.25. The molecular weight excluding hydrogens is 244 g/mol. The van der Waals surface area contributed by atoms with Crippen molar-refractivity contribution in [3.63, 3.8) is 0 Å². The predicted molar refractivity (Wildman–Crippen MR) is 75.2 cm³/mol. The van der Waals surface area contributed by atoms with Crippen molar-refractivity contribution < 1.29 is 14.3 Å². The Morgan fingerprint density at radius 3 is 3.00 bits per heavy atom. The minimum atomic E-state index is -0.0749. The maximum absolute atomic E-state index is 11.1. The number of unbranched alkanes of at least 4 members (excludes halogenated alkanes) is 2. The van der Waals surface area contributed by atoms with Gasteiger partial charge in [-0.1, -0.05) is 6.42 Å². The van der Waals surface area contributed by atoms with Crippen LogP contribution in [0.1, 0.15) is 32.6 Å². The Bertz CT molecular complexity index is 249. The van der Waals surface area contributed by atoms with Crippen molar-refractivity contribution in [2.45, 2.75) is 38.7 Å². The molecule has 1 heterocycles. The molecule has 0 radical (unpaired) electrons. The summed E-state index contributed by atoms with van der Waals surface area (Å²) >= 11 is 0. The number of carbonyl (C=O) groups is 1. The number of hydrogen-bond acceptors (Lipinski definition) is 5. The van der Waals surface area contributed by atoms with E-state index in [9.17, 15) is 4.79 Å². The van der Waals surface area contributed by atoms with Crippen molar-refractivity contribution in [2.24, 2.45) is 0 Å². The number of likely N-dealkylation sites (N-methyl/N-ethyl adjacent to an activating group) is 1. The van der Waals surface area contributed by atoms with E-state index in [-0.39, 0.29) is 5.97 Å². The molecule has 1 fully saturated rings. The minimum absolute atomic E-state index is 0.0749. The van der Waals surface area contributed by atoms with Gasteiger partial charge in [0.15, 0.2) is 0 Å². The molecule has 1 atom stereocenters. The van der Waals surface area contributed by atoms with Crippen molar-refractivity contribution in [3.05, 3.63) is 0 Å². The summed E-state index contributed by atoms with van der Waals surface area (Å²) in [6.07, 6.45) is 3.95. The third kappa shape index (κ3) is 8.18. The normalized spacial score (nSPS) is 20.4. The zero-order valence-corrected chi connectivity index (χ0v) is 12.3. The highest BCUT2D eigenvalue weighted by Gasteiger charge is 2.16. The van der Waals surface area contributed by atoms with Gasteiger partial charge in [0.25, 0.3) is 0 Å². The van der Waals surface area contributed by atoms with Gasteiger partial charge in [0.1, 0.15) is 0 Å². The molecule has 0 amide bonds. The lowest BCUT2D eigenvalue weighted by atomic mass is 10.2. The molecule has 0 saturated carbocycles. The van der Waals surface area contributed by atoms with Crippen LogP contribution in [0.3, 0.4) is 0 Å². The van der Waals surface area contributed by atoms with E-state index in [1.54, 1.807) is 0 Å². The smallest absolute Gasteiger partial charge is 0.305 e. The maximum atomic E-state index is 11.1. The maximum Gasteiger partial charge on any atom is 0.305 e. The second-order valence-electron chi connectivity index (χ2n) is 5.07. The van der Waals surface area contributed by atoms with Crippen LogP contribution in [0.2, 0.25) is 0 Å². The Labute approximate surface area is 116 Å². The van der Waals surface area contributed by atoms with Crippen LogP contribution < -0.4 is 5.32 Å².